The van der Waals surface area contributed by atoms with Crippen LogP contribution in [0, 0.1) is 17.8 Å². The molecule has 1 heterocycles. The molecule has 3 aliphatic rings. The summed E-state index contributed by atoms with van der Waals surface area (Å²) in [5.74, 6) is 2.57. The van der Waals surface area contributed by atoms with Gasteiger partial charge >= 0.3 is 5.97 Å². The maximum atomic E-state index is 12.8. The highest BCUT2D eigenvalue weighted by molar-refractivity contribution is 5.74. The molecule has 36 heavy (non-hydrogen) atoms. The first-order valence-corrected chi connectivity index (χ1v) is 13.8. The number of para-hydroxylation sites is 2. The molecule has 1 N–H and O–H groups in total. The van der Waals surface area contributed by atoms with E-state index < -0.39 is 0 Å². The van der Waals surface area contributed by atoms with Gasteiger partial charge in [-0.05, 0) is 81.1 Å². The number of imidazole rings is 1. The number of hydrogen-bond donors (Lipinski definition) is 1. The zero-order valence-electron chi connectivity index (χ0n) is 22.1. The highest BCUT2D eigenvalue weighted by Gasteiger charge is 2.53. The zero-order valence-corrected chi connectivity index (χ0v) is 22.1. The molecule has 4 atom stereocenters. The predicted octanol–water partition coefficient (Wildman–Crippen LogP) is 6.36. The van der Waals surface area contributed by atoms with Crippen molar-refractivity contribution in [2.24, 2.45) is 17.8 Å². The van der Waals surface area contributed by atoms with Crippen LogP contribution in [0.3, 0.4) is 0 Å². The van der Waals surface area contributed by atoms with Gasteiger partial charge in [-0.3, -0.25) is 4.79 Å². The lowest BCUT2D eigenvalue weighted by Crippen LogP contribution is -2.54. The molecule has 3 saturated carbocycles. The Kier molecular flexibility index (Phi) is 7.47. The number of rotatable bonds is 10. The average Bonchev–Trinajstić information content (AvgIpc) is 3.31. The highest BCUT2D eigenvalue weighted by atomic mass is 16.6. The monoisotopic (exact) mass is 487 g/mol. The van der Waals surface area contributed by atoms with E-state index in [1.807, 2.05) is 26.0 Å². The summed E-state index contributed by atoms with van der Waals surface area (Å²) in [6.07, 6.45) is 7.48. The van der Waals surface area contributed by atoms with Gasteiger partial charge in [0.25, 0.3) is 0 Å². The summed E-state index contributed by atoms with van der Waals surface area (Å²) in [5.41, 5.74) is 3.29. The fourth-order valence-electron chi connectivity index (χ4n) is 6.61. The number of nitrogens with zero attached hydrogens (tertiary/aromatic N) is 2. The Morgan fingerprint density at radius 2 is 1.89 bits per heavy atom. The Bertz CT molecular complexity index is 1120. The quantitative estimate of drug-likeness (QED) is 0.338. The molecule has 0 amide bonds. The Balaban J connectivity index is 1.21. The van der Waals surface area contributed by atoms with Crippen LogP contribution in [0.5, 0.6) is 0 Å². The van der Waals surface area contributed by atoms with E-state index in [4.69, 9.17) is 9.72 Å². The molecule has 0 spiro atoms. The molecular weight excluding hydrogens is 446 g/mol. The van der Waals surface area contributed by atoms with Crippen molar-refractivity contribution in [3.05, 3.63) is 66.0 Å². The van der Waals surface area contributed by atoms with Gasteiger partial charge in [0.05, 0.1) is 17.0 Å². The van der Waals surface area contributed by atoms with Crippen LogP contribution in [-0.4, -0.2) is 46.6 Å². The molecule has 3 aromatic rings. The van der Waals surface area contributed by atoms with E-state index in [9.17, 15) is 4.79 Å². The van der Waals surface area contributed by atoms with Gasteiger partial charge < -0.3 is 14.6 Å². The fraction of sp³-hybridized carbons (Fsp3) is 0.548. The normalized spacial score (nSPS) is 25.6. The van der Waals surface area contributed by atoms with Crippen molar-refractivity contribution in [3.8, 4) is 0 Å². The Labute approximate surface area is 215 Å². The molecule has 3 fully saturated rings. The standard InChI is InChI=1S/C31H41N3O2/c1-22(2)30(35)36-31(21-24-15-16-25(31)20-26(24)23-10-5-4-6-11-23)17-19-34(3)18-9-14-29-32-27-12-7-8-13-28(27)33-29/h4-8,10-13,22,24-26H,9,14-21H2,1-3H3,(H,32,33)/t24-,25-,26-,31+/m0/s1. The first-order chi connectivity index (χ1) is 17.4. The summed E-state index contributed by atoms with van der Waals surface area (Å²) in [4.78, 5) is 23.4. The van der Waals surface area contributed by atoms with Crippen LogP contribution in [0.1, 0.15) is 69.7 Å². The minimum Gasteiger partial charge on any atom is -0.459 e. The maximum Gasteiger partial charge on any atom is 0.308 e. The van der Waals surface area contributed by atoms with Gasteiger partial charge in [0.15, 0.2) is 0 Å². The SMILES string of the molecule is CC(C)C(=O)O[C@]1(CCN(C)CCCc2nc3ccccc3[nH]2)C[C@@H]2CC[C@H]1C[C@H]2c1ccccc1. The lowest BCUT2D eigenvalue weighted by molar-refractivity contribution is -0.188. The van der Waals surface area contributed by atoms with Crippen LogP contribution in [-0.2, 0) is 16.0 Å². The first-order valence-electron chi connectivity index (χ1n) is 13.8. The van der Waals surface area contributed by atoms with Crippen LogP contribution >= 0.6 is 0 Å². The predicted molar refractivity (Wildman–Crippen MR) is 145 cm³/mol. The van der Waals surface area contributed by atoms with E-state index in [2.05, 4.69) is 59.4 Å². The summed E-state index contributed by atoms with van der Waals surface area (Å²) in [6.45, 7) is 5.86. The summed E-state index contributed by atoms with van der Waals surface area (Å²) in [7, 11) is 2.20. The van der Waals surface area contributed by atoms with Crippen LogP contribution in [0.2, 0.25) is 0 Å². The number of fused-ring (bicyclic) bond motifs is 4. The number of ether oxygens (including phenoxy) is 1. The molecule has 2 aromatic carbocycles. The van der Waals surface area contributed by atoms with Gasteiger partial charge in [-0.25, -0.2) is 4.98 Å². The maximum absolute atomic E-state index is 12.8. The molecule has 0 aliphatic heterocycles. The summed E-state index contributed by atoms with van der Waals surface area (Å²) < 4.78 is 6.44. The molecule has 192 valence electrons. The Hall–Kier alpha value is -2.66. The minimum atomic E-state index is -0.317. The molecule has 0 saturated heterocycles. The number of aromatic amines is 1. The second kappa shape index (κ2) is 10.8. The lowest BCUT2D eigenvalue weighted by atomic mass is 9.55. The Morgan fingerprint density at radius 1 is 1.11 bits per heavy atom. The minimum absolute atomic E-state index is 0.0358. The van der Waals surface area contributed by atoms with Crippen molar-refractivity contribution in [3.63, 3.8) is 0 Å². The van der Waals surface area contributed by atoms with Gasteiger partial charge in [0.2, 0.25) is 0 Å². The number of nitrogens with one attached hydrogen (secondary N) is 1. The molecule has 2 bridgehead atoms. The molecule has 5 nitrogen and oxygen atoms in total. The zero-order chi connectivity index (χ0) is 25.1. The second-order valence-electron chi connectivity index (χ2n) is 11.5. The van der Waals surface area contributed by atoms with Gasteiger partial charge in [-0.2, -0.15) is 0 Å². The van der Waals surface area contributed by atoms with Crippen molar-refractivity contribution in [1.82, 2.24) is 14.9 Å². The third kappa shape index (κ3) is 5.36. The molecule has 3 aliphatic carbocycles. The molecule has 5 heteroatoms. The third-order valence-electron chi connectivity index (χ3n) is 8.66. The first kappa shape index (κ1) is 25.0. The molecule has 0 unspecified atom stereocenters. The number of benzene rings is 2. The number of aromatic nitrogens is 2. The summed E-state index contributed by atoms with van der Waals surface area (Å²) in [5, 5.41) is 0. The second-order valence-corrected chi connectivity index (χ2v) is 11.5. The number of esters is 1. The van der Waals surface area contributed by atoms with E-state index >= 15 is 0 Å². The molecule has 0 radical (unpaired) electrons. The van der Waals surface area contributed by atoms with Crippen LogP contribution in [0.25, 0.3) is 11.0 Å². The van der Waals surface area contributed by atoms with Crippen LogP contribution in [0.15, 0.2) is 54.6 Å². The smallest absolute Gasteiger partial charge is 0.308 e. The lowest BCUT2D eigenvalue weighted by Gasteiger charge is -2.54. The van der Waals surface area contributed by atoms with E-state index in [1.54, 1.807) is 0 Å². The largest absolute Gasteiger partial charge is 0.459 e. The number of H-pyrrole nitrogens is 1. The molecule has 6 rings (SSSR count). The van der Waals surface area contributed by atoms with Gasteiger partial charge in [0, 0.05) is 19.4 Å². The van der Waals surface area contributed by atoms with Crippen molar-refractivity contribution < 1.29 is 9.53 Å². The molecule has 1 aromatic heterocycles. The van der Waals surface area contributed by atoms with Crippen molar-refractivity contribution in [1.29, 1.82) is 0 Å². The topological polar surface area (TPSA) is 58.2 Å². The van der Waals surface area contributed by atoms with Gasteiger partial charge in [-0.15, -0.1) is 0 Å². The van der Waals surface area contributed by atoms with Crippen LogP contribution in [0.4, 0.5) is 0 Å². The Morgan fingerprint density at radius 3 is 2.61 bits per heavy atom. The fourth-order valence-corrected chi connectivity index (χ4v) is 6.61. The van der Waals surface area contributed by atoms with Gasteiger partial charge in [0.1, 0.15) is 11.4 Å². The van der Waals surface area contributed by atoms with E-state index in [0.717, 1.165) is 62.1 Å². The number of hydrogen-bond acceptors (Lipinski definition) is 4. The summed E-state index contributed by atoms with van der Waals surface area (Å²) in [6, 6.07) is 19.2. The highest BCUT2D eigenvalue weighted by Crippen LogP contribution is 2.56. The van der Waals surface area contributed by atoms with Crippen LogP contribution < -0.4 is 0 Å². The van der Waals surface area contributed by atoms with Crippen molar-refractivity contribution in [2.75, 3.05) is 20.1 Å². The number of carbonyl (C=O) groups is 1. The van der Waals surface area contributed by atoms with E-state index in [1.165, 1.54) is 18.4 Å². The number of aryl methyl sites for hydroxylation is 1. The van der Waals surface area contributed by atoms with Crippen molar-refractivity contribution >= 4 is 17.0 Å². The molecular formula is C31H41N3O2. The number of carbonyl (C=O) groups excluding carboxylic acids is 1. The third-order valence-corrected chi connectivity index (χ3v) is 8.66. The summed E-state index contributed by atoms with van der Waals surface area (Å²) >= 11 is 0. The van der Waals surface area contributed by atoms with E-state index in [0.29, 0.717) is 17.8 Å². The van der Waals surface area contributed by atoms with Gasteiger partial charge in [-0.1, -0.05) is 56.3 Å². The average molecular weight is 488 g/mol. The van der Waals surface area contributed by atoms with E-state index in [-0.39, 0.29) is 17.5 Å². The van der Waals surface area contributed by atoms with Crippen molar-refractivity contribution in [2.45, 2.75) is 70.3 Å².